The number of carbonyl (C=O) groups is 4. The van der Waals surface area contributed by atoms with Crippen molar-refractivity contribution in [2.45, 2.75) is 61.4 Å². The summed E-state index contributed by atoms with van der Waals surface area (Å²) in [5.74, 6) is -1.54. The number of non-ortho nitro benzene ring substituents is 2. The number of methoxy groups -OCH3 is 4. The van der Waals surface area contributed by atoms with Crippen molar-refractivity contribution >= 4 is 47.0 Å². The number of ether oxygens (including phenoxy) is 6. The van der Waals surface area contributed by atoms with E-state index in [4.69, 9.17) is 28.4 Å². The molecule has 2 aliphatic rings. The van der Waals surface area contributed by atoms with Crippen LogP contribution in [0.25, 0.3) is 0 Å². The minimum Gasteiger partial charge on any atom is -0.497 e. The van der Waals surface area contributed by atoms with Crippen LogP contribution in [0.3, 0.4) is 0 Å². The molecule has 3 N–H and O–H groups in total. The molecule has 0 aromatic heterocycles. The number of nitrogens with zero attached hydrogens (tertiary/aromatic N) is 3. The molecule has 1 unspecified atom stereocenters. The first-order valence-electron chi connectivity index (χ1n) is 23.7. The van der Waals surface area contributed by atoms with Crippen LogP contribution in [-0.2, 0) is 56.3 Å². The first kappa shape index (κ1) is 54.5. The number of carboxylic acids is 1. The summed E-state index contributed by atoms with van der Waals surface area (Å²) in [7, 11) is 5.94. The summed E-state index contributed by atoms with van der Waals surface area (Å²) in [4.78, 5) is 75.6. The van der Waals surface area contributed by atoms with Crippen LogP contribution in [0.15, 0.2) is 144 Å². The van der Waals surface area contributed by atoms with Crippen molar-refractivity contribution in [3.8, 4) is 23.0 Å². The van der Waals surface area contributed by atoms with Gasteiger partial charge in [-0.15, -0.1) is 0 Å². The van der Waals surface area contributed by atoms with Gasteiger partial charge in [0.15, 0.2) is 0 Å². The van der Waals surface area contributed by atoms with E-state index in [1.54, 1.807) is 36.4 Å². The highest BCUT2D eigenvalue weighted by Crippen LogP contribution is 2.61. The quantitative estimate of drug-likeness (QED) is 0.0234. The Morgan fingerprint density at radius 2 is 1.04 bits per heavy atom. The lowest BCUT2D eigenvalue weighted by molar-refractivity contribution is -0.385. The van der Waals surface area contributed by atoms with Crippen LogP contribution in [0.4, 0.5) is 11.4 Å². The number of amides is 1. The summed E-state index contributed by atoms with van der Waals surface area (Å²) in [5, 5.41) is 60.0. The number of hydrogen-bond donors (Lipinski definition) is 3. The van der Waals surface area contributed by atoms with Crippen molar-refractivity contribution < 1.29 is 72.8 Å². The number of rotatable bonds is 23. The number of nitro groups is 2. The van der Waals surface area contributed by atoms with Crippen LogP contribution < -0.4 is 18.9 Å². The monoisotopic (exact) mass is 1070 g/mol. The fourth-order valence-electron chi connectivity index (χ4n) is 9.49. The van der Waals surface area contributed by atoms with E-state index in [1.165, 1.54) is 126 Å². The van der Waals surface area contributed by atoms with Crippen LogP contribution >= 0.6 is 11.8 Å². The van der Waals surface area contributed by atoms with Crippen molar-refractivity contribution in [1.29, 1.82) is 0 Å². The standard InChI is InChI=1S/C56H51N3O17S/c1-71-44-23-13-38(46(25-44)73-3)31-75-52(63)36-9-15-40(16-10-36)54(65,27-34-5-19-42(20-6-34)58(67)68)29-48-50(51(61)62)57-49(60)30-56(57,77-48)33-55(66,28-35-7-21-43(22-8-35)59(69)70)41-17-11-37(12-18-41)53(64)76-32-39-14-24-45(72-2)26-47(39)74-4/h5-26,65-66H,27-33H2,1-4H3,(H,61,62)/t54-,55-,56?/m0/s1. The molecule has 2 heterocycles. The lowest BCUT2D eigenvalue weighted by Crippen LogP contribution is -2.61. The molecular weight excluding hydrogens is 1020 g/mol. The Labute approximate surface area is 444 Å². The number of β-lactam (4-membered cyclic amide) rings is 1. The van der Waals surface area contributed by atoms with E-state index in [0.29, 0.717) is 45.3 Å². The Kier molecular flexibility index (Phi) is 16.0. The number of nitro benzene ring substituents is 2. The van der Waals surface area contributed by atoms with Crippen molar-refractivity contribution in [3.05, 3.63) is 209 Å². The first-order valence-corrected chi connectivity index (χ1v) is 24.5. The zero-order chi connectivity index (χ0) is 55.2. The minimum atomic E-state index is -1.99. The van der Waals surface area contributed by atoms with Gasteiger partial charge in [-0.25, -0.2) is 14.4 Å². The second-order valence-corrected chi connectivity index (χ2v) is 19.8. The molecule has 3 atom stereocenters. The zero-order valence-electron chi connectivity index (χ0n) is 42.0. The third kappa shape index (κ3) is 11.7. The van der Waals surface area contributed by atoms with Gasteiger partial charge in [0.25, 0.3) is 11.4 Å². The molecule has 1 fully saturated rings. The summed E-state index contributed by atoms with van der Waals surface area (Å²) in [5.41, 5.74) is -2.08. The van der Waals surface area contributed by atoms with Crippen molar-refractivity contribution in [1.82, 2.24) is 4.90 Å². The van der Waals surface area contributed by atoms with Gasteiger partial charge >= 0.3 is 17.9 Å². The third-order valence-electron chi connectivity index (χ3n) is 13.4. The Bertz CT molecular complexity index is 3280. The topological polar surface area (TPSA) is 274 Å². The summed E-state index contributed by atoms with van der Waals surface area (Å²) in [6.07, 6.45) is -1.41. The molecule has 0 spiro atoms. The first-order chi connectivity index (χ1) is 36.8. The van der Waals surface area contributed by atoms with Gasteiger partial charge in [-0.3, -0.25) is 29.9 Å². The second-order valence-electron chi connectivity index (χ2n) is 18.3. The van der Waals surface area contributed by atoms with Gasteiger partial charge in [-0.2, -0.15) is 0 Å². The van der Waals surface area contributed by atoms with Crippen molar-refractivity contribution in [3.63, 3.8) is 0 Å². The van der Waals surface area contributed by atoms with E-state index < -0.39 is 61.9 Å². The van der Waals surface area contributed by atoms with E-state index in [-0.39, 0.29) is 77.4 Å². The summed E-state index contributed by atoms with van der Waals surface area (Å²) >= 11 is 0.981. The lowest BCUT2D eigenvalue weighted by Gasteiger charge is -2.50. The molecule has 0 saturated carbocycles. The highest BCUT2D eigenvalue weighted by molar-refractivity contribution is 8.04. The van der Waals surface area contributed by atoms with Gasteiger partial charge < -0.3 is 43.7 Å². The SMILES string of the molecule is COc1ccc(COC(=O)c2ccc([C@@](O)(CC3=C(C(=O)O)N4C(=O)CC4(C[C@@](O)(Cc4ccc([N+](=O)[O-])cc4)c4ccc(C(=O)OCc5ccc(OC)cc5OC)cc4)S3)Cc3ccc([N+](=O)[O-])cc3)cc2)c(OC)c1. The number of aliphatic hydroxyl groups is 2. The van der Waals surface area contributed by atoms with Gasteiger partial charge in [-0.05, 0) is 70.8 Å². The third-order valence-corrected chi connectivity index (χ3v) is 14.9. The molecule has 398 valence electrons. The van der Waals surface area contributed by atoms with E-state index in [1.807, 2.05) is 0 Å². The Morgan fingerprint density at radius 1 is 0.610 bits per heavy atom. The number of carboxylic acid groups (broad SMARTS) is 1. The number of hydrogen-bond acceptors (Lipinski definition) is 17. The predicted molar refractivity (Wildman–Crippen MR) is 277 cm³/mol. The number of fused-ring (bicyclic) bond motifs is 1. The normalized spacial score (nSPS) is 16.2. The fraction of sp³-hybridized carbons (Fsp3) is 0.250. The highest BCUT2D eigenvalue weighted by Gasteiger charge is 2.63. The average molecular weight is 1070 g/mol. The lowest BCUT2D eigenvalue weighted by atomic mass is 9.78. The van der Waals surface area contributed by atoms with Crippen LogP contribution in [0.1, 0.15) is 73.4 Å². The largest absolute Gasteiger partial charge is 0.497 e. The minimum absolute atomic E-state index is 0.0638. The zero-order valence-corrected chi connectivity index (χ0v) is 42.8. The molecule has 1 saturated heterocycles. The van der Waals surface area contributed by atoms with Crippen molar-refractivity contribution in [2.24, 2.45) is 0 Å². The summed E-state index contributed by atoms with van der Waals surface area (Å²) in [6, 6.07) is 32.7. The van der Waals surface area contributed by atoms with Gasteiger partial charge in [0, 0.05) is 78.1 Å². The summed E-state index contributed by atoms with van der Waals surface area (Å²) < 4.78 is 32.5. The van der Waals surface area contributed by atoms with Gasteiger partial charge in [0.05, 0.1) is 67.0 Å². The number of thioether (sulfide) groups is 1. The smallest absolute Gasteiger partial charge is 0.353 e. The van der Waals surface area contributed by atoms with Gasteiger partial charge in [0.1, 0.15) is 46.8 Å². The Hall–Kier alpha value is -8.79. The maximum Gasteiger partial charge on any atom is 0.353 e. The van der Waals surface area contributed by atoms with Crippen molar-refractivity contribution in [2.75, 3.05) is 28.4 Å². The molecule has 0 aliphatic carbocycles. The molecule has 77 heavy (non-hydrogen) atoms. The molecule has 2 aliphatic heterocycles. The molecule has 1 amide bonds. The number of esters is 2. The maximum absolute atomic E-state index is 13.8. The van der Waals surface area contributed by atoms with E-state index >= 15 is 0 Å². The number of carbonyl (C=O) groups excluding carboxylic acids is 3. The summed E-state index contributed by atoms with van der Waals surface area (Å²) in [6.45, 7) is -0.294. The Balaban J connectivity index is 1.10. The van der Waals surface area contributed by atoms with E-state index in [9.17, 15) is 54.7 Å². The van der Waals surface area contributed by atoms with E-state index in [0.717, 1.165) is 16.7 Å². The van der Waals surface area contributed by atoms with Crippen LogP contribution in [-0.4, -0.2) is 87.2 Å². The van der Waals surface area contributed by atoms with Crippen LogP contribution in [0.2, 0.25) is 0 Å². The number of benzene rings is 6. The molecule has 6 aromatic carbocycles. The molecule has 8 rings (SSSR count). The average Bonchev–Trinajstić information content (AvgIpc) is 3.74. The van der Waals surface area contributed by atoms with E-state index in [2.05, 4.69) is 0 Å². The molecule has 6 aromatic rings. The Morgan fingerprint density at radius 3 is 1.43 bits per heavy atom. The highest BCUT2D eigenvalue weighted by atomic mass is 32.2. The molecule has 20 nitrogen and oxygen atoms in total. The molecule has 21 heteroatoms. The van der Waals surface area contributed by atoms with Gasteiger partial charge in [0.2, 0.25) is 5.91 Å². The molecular formula is C56H51N3O17S. The van der Waals surface area contributed by atoms with Crippen LogP contribution in [0, 0.1) is 20.2 Å². The maximum atomic E-state index is 13.8. The predicted octanol–water partition coefficient (Wildman–Crippen LogP) is 8.56. The van der Waals surface area contributed by atoms with Gasteiger partial charge in [-0.1, -0.05) is 60.3 Å². The fourth-order valence-corrected chi connectivity index (χ4v) is 11.3. The molecule has 0 radical (unpaired) electrons. The van der Waals surface area contributed by atoms with Crippen LogP contribution in [0.5, 0.6) is 23.0 Å². The second kappa shape index (κ2) is 22.6. The molecule has 0 bridgehead atoms. The number of aliphatic carboxylic acids is 1.